The minimum Gasteiger partial charge on any atom is -0.487 e. The van der Waals surface area contributed by atoms with Gasteiger partial charge in [-0.25, -0.2) is 0 Å². The van der Waals surface area contributed by atoms with Crippen molar-refractivity contribution in [1.82, 2.24) is 5.32 Å². The highest BCUT2D eigenvalue weighted by Gasteiger charge is 2.41. The first kappa shape index (κ1) is 13.3. The lowest BCUT2D eigenvalue weighted by Crippen LogP contribution is -2.26. The second-order valence-electron chi connectivity index (χ2n) is 6.43. The van der Waals surface area contributed by atoms with Crippen molar-refractivity contribution < 1.29 is 4.74 Å². The van der Waals surface area contributed by atoms with Crippen LogP contribution in [0.25, 0.3) is 0 Å². The molecule has 104 valence electrons. The summed E-state index contributed by atoms with van der Waals surface area (Å²) in [6, 6.07) is 6.53. The molecule has 2 nitrogen and oxygen atoms in total. The van der Waals surface area contributed by atoms with E-state index in [-0.39, 0.29) is 5.60 Å². The molecule has 0 unspecified atom stereocenters. The third kappa shape index (κ3) is 2.77. The number of fused-ring (bicyclic) bond motifs is 1. The molecule has 1 aromatic carbocycles. The number of rotatable bonds is 5. The molecule has 3 rings (SSSR count). The molecule has 19 heavy (non-hydrogen) atoms. The van der Waals surface area contributed by atoms with Crippen molar-refractivity contribution in [2.45, 2.75) is 50.0 Å². The molecule has 0 saturated heterocycles. The van der Waals surface area contributed by atoms with Gasteiger partial charge in [0.15, 0.2) is 0 Å². The average molecular weight is 277 g/mol. The van der Waals surface area contributed by atoms with Gasteiger partial charge in [-0.3, -0.25) is 0 Å². The molecular weight excluding hydrogens is 254 g/mol. The van der Waals surface area contributed by atoms with E-state index in [1.807, 2.05) is 11.8 Å². The van der Waals surface area contributed by atoms with E-state index in [0.717, 1.165) is 25.3 Å². The third-order valence-electron chi connectivity index (χ3n) is 4.18. The van der Waals surface area contributed by atoms with E-state index in [1.54, 1.807) is 0 Å². The van der Waals surface area contributed by atoms with Crippen molar-refractivity contribution in [3.8, 4) is 5.75 Å². The van der Waals surface area contributed by atoms with Gasteiger partial charge >= 0.3 is 0 Å². The SMILES string of the molecule is CSC1(CNCc2cccc3c2OC(C)(C)C3)CC1. The Morgan fingerprint density at radius 3 is 2.79 bits per heavy atom. The summed E-state index contributed by atoms with van der Waals surface area (Å²) in [7, 11) is 0. The summed E-state index contributed by atoms with van der Waals surface area (Å²) in [6.07, 6.45) is 5.96. The van der Waals surface area contributed by atoms with Crippen molar-refractivity contribution in [3.63, 3.8) is 0 Å². The third-order valence-corrected chi connectivity index (χ3v) is 5.59. The van der Waals surface area contributed by atoms with Gasteiger partial charge in [0.1, 0.15) is 11.4 Å². The molecule has 1 aliphatic carbocycles. The first-order chi connectivity index (χ1) is 9.04. The van der Waals surface area contributed by atoms with Gasteiger partial charge in [0.2, 0.25) is 0 Å². The Morgan fingerprint density at radius 1 is 1.32 bits per heavy atom. The topological polar surface area (TPSA) is 21.3 Å². The van der Waals surface area contributed by atoms with Crippen LogP contribution in [0.5, 0.6) is 5.75 Å². The van der Waals surface area contributed by atoms with E-state index in [0.29, 0.717) is 4.75 Å². The second kappa shape index (κ2) is 4.71. The largest absolute Gasteiger partial charge is 0.487 e. The van der Waals surface area contributed by atoms with Gasteiger partial charge in [-0.15, -0.1) is 0 Å². The van der Waals surface area contributed by atoms with Crippen LogP contribution in [0, 0.1) is 0 Å². The molecule has 1 heterocycles. The highest BCUT2D eigenvalue weighted by Crippen LogP contribution is 2.46. The van der Waals surface area contributed by atoms with Crippen molar-refractivity contribution in [2.24, 2.45) is 0 Å². The standard InChI is InChI=1S/C16H23NOS/c1-15(2)9-12-5-4-6-13(14(12)18-15)10-17-11-16(19-3)7-8-16/h4-6,17H,7-11H2,1-3H3. The summed E-state index contributed by atoms with van der Waals surface area (Å²) >= 11 is 2.00. The number of para-hydroxylation sites is 1. The van der Waals surface area contributed by atoms with Crippen LogP contribution in [-0.2, 0) is 13.0 Å². The maximum absolute atomic E-state index is 6.10. The lowest BCUT2D eigenvalue weighted by Gasteiger charge is -2.19. The minimum absolute atomic E-state index is 0.0462. The summed E-state index contributed by atoms with van der Waals surface area (Å²) in [5, 5.41) is 3.61. The van der Waals surface area contributed by atoms with Gasteiger partial charge in [0.05, 0.1) is 0 Å². The maximum atomic E-state index is 6.10. The zero-order valence-electron chi connectivity index (χ0n) is 12.1. The molecule has 1 N–H and O–H groups in total. The molecule has 3 heteroatoms. The maximum Gasteiger partial charge on any atom is 0.127 e. The number of hydrogen-bond acceptors (Lipinski definition) is 3. The van der Waals surface area contributed by atoms with Gasteiger partial charge < -0.3 is 10.1 Å². The van der Waals surface area contributed by atoms with Crippen LogP contribution in [0.3, 0.4) is 0 Å². The van der Waals surface area contributed by atoms with Crippen LogP contribution in [0.1, 0.15) is 37.8 Å². The van der Waals surface area contributed by atoms with Gasteiger partial charge in [0, 0.05) is 29.8 Å². The Hall–Kier alpha value is -0.670. The predicted octanol–water partition coefficient (Wildman–Crippen LogP) is 3.39. The van der Waals surface area contributed by atoms with Crippen molar-refractivity contribution in [3.05, 3.63) is 29.3 Å². The van der Waals surface area contributed by atoms with E-state index in [2.05, 4.69) is 43.6 Å². The van der Waals surface area contributed by atoms with Gasteiger partial charge in [-0.2, -0.15) is 11.8 Å². The van der Waals surface area contributed by atoms with E-state index < -0.39 is 0 Å². The molecule has 0 aromatic heterocycles. The van der Waals surface area contributed by atoms with Crippen LogP contribution in [0.2, 0.25) is 0 Å². The normalized spacial score (nSPS) is 21.8. The van der Waals surface area contributed by atoms with Gasteiger partial charge in [-0.05, 0) is 38.5 Å². The van der Waals surface area contributed by atoms with Gasteiger partial charge in [-0.1, -0.05) is 18.2 Å². The highest BCUT2D eigenvalue weighted by atomic mass is 32.2. The summed E-state index contributed by atoms with van der Waals surface area (Å²) < 4.78 is 6.63. The molecular formula is C16H23NOS. The summed E-state index contributed by atoms with van der Waals surface area (Å²) in [5.74, 6) is 1.12. The number of thioether (sulfide) groups is 1. The molecule has 0 amide bonds. The van der Waals surface area contributed by atoms with Crippen LogP contribution in [0.4, 0.5) is 0 Å². The van der Waals surface area contributed by atoms with Crippen molar-refractivity contribution >= 4 is 11.8 Å². The number of hydrogen-bond donors (Lipinski definition) is 1. The Morgan fingerprint density at radius 2 is 2.11 bits per heavy atom. The van der Waals surface area contributed by atoms with E-state index in [4.69, 9.17) is 4.74 Å². The predicted molar refractivity (Wildman–Crippen MR) is 82.0 cm³/mol. The number of nitrogens with one attached hydrogen (secondary N) is 1. The highest BCUT2D eigenvalue weighted by molar-refractivity contribution is 8.00. The quantitative estimate of drug-likeness (QED) is 0.891. The van der Waals surface area contributed by atoms with Crippen LogP contribution < -0.4 is 10.1 Å². The van der Waals surface area contributed by atoms with Crippen LogP contribution in [-0.4, -0.2) is 23.1 Å². The fraction of sp³-hybridized carbons (Fsp3) is 0.625. The lowest BCUT2D eigenvalue weighted by atomic mass is 10.0. The number of ether oxygens (including phenoxy) is 1. The monoisotopic (exact) mass is 277 g/mol. The molecule has 1 aliphatic heterocycles. The van der Waals surface area contributed by atoms with E-state index in [9.17, 15) is 0 Å². The van der Waals surface area contributed by atoms with E-state index >= 15 is 0 Å². The van der Waals surface area contributed by atoms with Crippen LogP contribution >= 0.6 is 11.8 Å². The first-order valence-corrected chi connectivity index (χ1v) is 8.32. The average Bonchev–Trinajstić information content (AvgIpc) is 3.06. The molecule has 2 aliphatic rings. The Labute approximate surface area is 120 Å². The fourth-order valence-electron chi connectivity index (χ4n) is 2.84. The fourth-order valence-corrected chi connectivity index (χ4v) is 3.59. The zero-order chi connectivity index (χ0) is 13.5. The minimum atomic E-state index is -0.0462. The second-order valence-corrected chi connectivity index (χ2v) is 7.71. The Balaban J connectivity index is 1.65. The van der Waals surface area contributed by atoms with Crippen molar-refractivity contribution in [1.29, 1.82) is 0 Å². The van der Waals surface area contributed by atoms with E-state index in [1.165, 1.54) is 24.0 Å². The Kier molecular flexibility index (Phi) is 3.30. The molecule has 1 fully saturated rings. The first-order valence-electron chi connectivity index (χ1n) is 7.09. The molecule has 0 radical (unpaired) electrons. The Bertz CT molecular complexity index is 480. The smallest absolute Gasteiger partial charge is 0.127 e. The lowest BCUT2D eigenvalue weighted by molar-refractivity contribution is 0.137. The molecule has 0 spiro atoms. The summed E-state index contributed by atoms with van der Waals surface area (Å²) in [6.45, 7) is 6.36. The van der Waals surface area contributed by atoms with Crippen LogP contribution in [0.15, 0.2) is 18.2 Å². The summed E-state index contributed by atoms with van der Waals surface area (Å²) in [5.41, 5.74) is 2.62. The molecule has 0 atom stereocenters. The zero-order valence-corrected chi connectivity index (χ0v) is 12.9. The number of benzene rings is 1. The molecule has 1 aromatic rings. The molecule has 0 bridgehead atoms. The summed E-state index contributed by atoms with van der Waals surface area (Å²) in [4.78, 5) is 0. The van der Waals surface area contributed by atoms with Crippen molar-refractivity contribution in [2.75, 3.05) is 12.8 Å². The van der Waals surface area contributed by atoms with Gasteiger partial charge in [0.25, 0.3) is 0 Å². The molecule has 1 saturated carbocycles.